The van der Waals surface area contributed by atoms with E-state index in [1.54, 1.807) is 48.5 Å². The molecule has 4 nitrogen and oxygen atoms in total. The second kappa shape index (κ2) is 11.3. The van der Waals surface area contributed by atoms with Gasteiger partial charge in [-0.25, -0.2) is 13.2 Å². The van der Waals surface area contributed by atoms with Gasteiger partial charge in [-0.05, 0) is 66.8 Å². The molecule has 1 aliphatic heterocycles. The van der Waals surface area contributed by atoms with Crippen LogP contribution in [0.2, 0.25) is 0 Å². The molecule has 1 saturated carbocycles. The summed E-state index contributed by atoms with van der Waals surface area (Å²) in [6, 6.07) is 14.4. The van der Waals surface area contributed by atoms with Gasteiger partial charge in [-0.3, -0.25) is 4.79 Å². The maximum Gasteiger partial charge on any atom is 0.314 e. The highest BCUT2D eigenvalue weighted by Gasteiger charge is 2.32. The van der Waals surface area contributed by atoms with Crippen LogP contribution >= 0.6 is 0 Å². The zero-order valence-corrected chi connectivity index (χ0v) is 21.3. The predicted molar refractivity (Wildman–Crippen MR) is 137 cm³/mol. The molecule has 2 fully saturated rings. The lowest BCUT2D eigenvalue weighted by atomic mass is 9.78. The Hall–Kier alpha value is -3.16. The van der Waals surface area contributed by atoms with E-state index >= 15 is 8.78 Å². The molecule has 0 spiro atoms. The van der Waals surface area contributed by atoms with Gasteiger partial charge in [0.25, 0.3) is 0 Å². The number of halogens is 3. The van der Waals surface area contributed by atoms with Crippen LogP contribution in [0.4, 0.5) is 13.2 Å². The summed E-state index contributed by atoms with van der Waals surface area (Å²) in [5.74, 6) is -3.10. The van der Waals surface area contributed by atoms with Crippen LogP contribution in [0, 0.1) is 23.4 Å². The molecule has 2 unspecified atom stereocenters. The molecule has 0 radical (unpaired) electrons. The third-order valence-corrected chi connectivity index (χ3v) is 7.65. The quantitative estimate of drug-likeness (QED) is 0.188. The lowest BCUT2D eigenvalue weighted by Gasteiger charge is -2.28. The number of carbonyl (C=O) groups is 1. The van der Waals surface area contributed by atoms with E-state index in [1.807, 2.05) is 6.92 Å². The van der Waals surface area contributed by atoms with Gasteiger partial charge in [0.15, 0.2) is 11.6 Å². The molecule has 3 aromatic carbocycles. The maximum atomic E-state index is 15.2. The van der Waals surface area contributed by atoms with E-state index in [2.05, 4.69) is 0 Å². The van der Waals surface area contributed by atoms with Crippen molar-refractivity contribution in [2.75, 3.05) is 6.61 Å². The first-order valence-electron chi connectivity index (χ1n) is 13.2. The minimum atomic E-state index is -0.895. The van der Waals surface area contributed by atoms with Gasteiger partial charge < -0.3 is 14.6 Å². The molecular formula is C31H31F3O4. The number of hydrogen-bond acceptors (Lipinski definition) is 4. The Morgan fingerprint density at radius 3 is 2.29 bits per heavy atom. The van der Waals surface area contributed by atoms with Crippen LogP contribution in [0.3, 0.4) is 0 Å². The second-order valence-corrected chi connectivity index (χ2v) is 10.2. The lowest BCUT2D eigenvalue weighted by Crippen LogP contribution is -2.25. The minimum Gasteiger partial charge on any atom is -0.426 e. The van der Waals surface area contributed by atoms with Gasteiger partial charge >= 0.3 is 5.97 Å². The van der Waals surface area contributed by atoms with Crippen molar-refractivity contribution in [2.45, 2.75) is 63.6 Å². The normalized spacial score (nSPS) is 21.7. The Morgan fingerprint density at radius 2 is 1.66 bits per heavy atom. The van der Waals surface area contributed by atoms with Crippen LogP contribution in [0.25, 0.3) is 11.1 Å². The lowest BCUT2D eigenvalue weighted by molar-refractivity contribution is -0.140. The second-order valence-electron chi connectivity index (χ2n) is 10.2. The number of rotatable bonds is 8. The molecule has 200 valence electrons. The SMILES string of the molecule is CCCC(O)c1ccc(-c2ccc(C3CCC(C(=O)Oc4ccc(C5CO5)c(F)c4)CC3)c(F)c2F)cc1. The van der Waals surface area contributed by atoms with Gasteiger partial charge in [0.1, 0.15) is 17.7 Å². The largest absolute Gasteiger partial charge is 0.426 e. The molecular weight excluding hydrogens is 493 g/mol. The number of aliphatic hydroxyl groups excluding tert-OH is 1. The maximum absolute atomic E-state index is 15.2. The average molecular weight is 525 g/mol. The molecule has 0 amide bonds. The molecule has 5 rings (SSSR count). The van der Waals surface area contributed by atoms with Gasteiger partial charge in [0.2, 0.25) is 0 Å². The van der Waals surface area contributed by atoms with Gasteiger partial charge in [-0.2, -0.15) is 0 Å². The van der Waals surface area contributed by atoms with Crippen molar-refractivity contribution in [1.82, 2.24) is 0 Å². The number of esters is 1. The van der Waals surface area contributed by atoms with E-state index in [-0.39, 0.29) is 29.3 Å². The first-order chi connectivity index (χ1) is 18.4. The number of carbonyl (C=O) groups excluding carboxylic acids is 1. The minimum absolute atomic E-state index is 0.149. The van der Waals surface area contributed by atoms with Crippen LogP contribution in [-0.4, -0.2) is 17.7 Å². The van der Waals surface area contributed by atoms with Crippen LogP contribution in [0.5, 0.6) is 5.75 Å². The number of benzene rings is 3. The first kappa shape index (κ1) is 26.4. The fourth-order valence-electron chi connectivity index (χ4n) is 5.33. The third kappa shape index (κ3) is 5.64. The van der Waals surface area contributed by atoms with Crippen molar-refractivity contribution in [1.29, 1.82) is 0 Å². The van der Waals surface area contributed by atoms with E-state index in [4.69, 9.17) is 9.47 Å². The van der Waals surface area contributed by atoms with Gasteiger partial charge in [0.05, 0.1) is 18.6 Å². The molecule has 0 aromatic heterocycles. The summed E-state index contributed by atoms with van der Waals surface area (Å²) in [7, 11) is 0. The molecule has 38 heavy (non-hydrogen) atoms. The van der Waals surface area contributed by atoms with Crippen molar-refractivity contribution in [3.05, 3.63) is 88.7 Å². The summed E-state index contributed by atoms with van der Waals surface area (Å²) in [5, 5.41) is 10.1. The smallest absolute Gasteiger partial charge is 0.314 e. The highest BCUT2D eigenvalue weighted by atomic mass is 19.2. The average Bonchev–Trinajstić information content (AvgIpc) is 3.76. The van der Waals surface area contributed by atoms with E-state index in [9.17, 15) is 14.3 Å². The van der Waals surface area contributed by atoms with Gasteiger partial charge in [0, 0.05) is 17.2 Å². The summed E-state index contributed by atoms with van der Waals surface area (Å²) < 4.78 is 55.0. The number of epoxide rings is 1. The Morgan fingerprint density at radius 1 is 0.974 bits per heavy atom. The highest BCUT2D eigenvalue weighted by molar-refractivity contribution is 5.75. The molecule has 2 aliphatic rings. The van der Waals surface area contributed by atoms with Crippen molar-refractivity contribution >= 4 is 5.97 Å². The van der Waals surface area contributed by atoms with Crippen molar-refractivity contribution < 1.29 is 32.5 Å². The zero-order chi connectivity index (χ0) is 26.8. The molecule has 0 bridgehead atoms. The molecule has 1 heterocycles. The van der Waals surface area contributed by atoms with E-state index in [0.29, 0.717) is 55.4 Å². The first-order valence-corrected chi connectivity index (χ1v) is 13.2. The monoisotopic (exact) mass is 524 g/mol. The number of aliphatic hydroxyl groups is 1. The van der Waals surface area contributed by atoms with Gasteiger partial charge in [-0.1, -0.05) is 49.7 Å². The third-order valence-electron chi connectivity index (χ3n) is 7.65. The standard InChI is InChI=1S/C31H31F3O4/c1-2-3-27(35)20-8-4-18(5-9-20)23-14-15-24(30(34)29(23)33)19-6-10-21(11-7-19)31(36)38-22-12-13-25(26(32)16-22)28-17-37-28/h4-5,8-9,12-16,19,21,27-28,35H,2-3,6-7,10-11,17H2,1H3. The molecule has 3 aromatic rings. The Bertz CT molecular complexity index is 1300. The summed E-state index contributed by atoms with van der Waals surface area (Å²) in [5.41, 5.74) is 2.23. The molecule has 2 atom stereocenters. The van der Waals surface area contributed by atoms with Crippen LogP contribution in [0.15, 0.2) is 54.6 Å². The highest BCUT2D eigenvalue weighted by Crippen LogP contribution is 2.40. The van der Waals surface area contributed by atoms with Crippen molar-refractivity contribution in [3.63, 3.8) is 0 Å². The van der Waals surface area contributed by atoms with Crippen LogP contribution in [0.1, 0.15) is 80.3 Å². The van der Waals surface area contributed by atoms with Crippen LogP contribution < -0.4 is 4.74 Å². The van der Waals surface area contributed by atoms with Crippen molar-refractivity contribution in [2.24, 2.45) is 5.92 Å². The van der Waals surface area contributed by atoms with E-state index in [1.165, 1.54) is 6.07 Å². The number of hydrogen-bond donors (Lipinski definition) is 1. The molecule has 1 aliphatic carbocycles. The molecule has 1 saturated heterocycles. The van der Waals surface area contributed by atoms with E-state index in [0.717, 1.165) is 12.0 Å². The summed E-state index contributed by atoms with van der Waals surface area (Å²) in [4.78, 5) is 12.7. The number of ether oxygens (including phenoxy) is 2. The summed E-state index contributed by atoms with van der Waals surface area (Å²) >= 11 is 0. The Balaban J connectivity index is 1.21. The molecule has 1 N–H and O–H groups in total. The van der Waals surface area contributed by atoms with Crippen LogP contribution in [-0.2, 0) is 9.53 Å². The van der Waals surface area contributed by atoms with Gasteiger partial charge in [-0.15, -0.1) is 0 Å². The summed E-state index contributed by atoms with van der Waals surface area (Å²) in [6.45, 7) is 2.48. The van der Waals surface area contributed by atoms with E-state index < -0.39 is 29.5 Å². The fraction of sp³-hybridized carbons (Fsp3) is 0.387. The van der Waals surface area contributed by atoms with Crippen molar-refractivity contribution in [3.8, 4) is 16.9 Å². The topological polar surface area (TPSA) is 59.1 Å². The zero-order valence-electron chi connectivity index (χ0n) is 21.3. The Kier molecular flexibility index (Phi) is 7.86. The predicted octanol–water partition coefficient (Wildman–Crippen LogP) is 7.56. The summed E-state index contributed by atoms with van der Waals surface area (Å²) in [6.07, 6.45) is 2.68. The molecule has 7 heteroatoms. The fourth-order valence-corrected chi connectivity index (χ4v) is 5.33. The Labute approximate surface area is 220 Å².